The Balaban J connectivity index is 1.76. The van der Waals surface area contributed by atoms with Crippen LogP contribution in [0.4, 0.5) is 0 Å². The van der Waals surface area contributed by atoms with Crippen LogP contribution in [0.5, 0.6) is 5.75 Å². The van der Waals surface area contributed by atoms with E-state index in [1.807, 2.05) is 12.1 Å². The molecule has 6 heteroatoms. The molecule has 0 N–H and O–H groups in total. The number of amides is 1. The number of hydrogen-bond acceptors (Lipinski definition) is 5. The van der Waals surface area contributed by atoms with Crippen molar-refractivity contribution in [3.05, 3.63) is 42.0 Å². The number of benzene rings is 1. The molecular formula is C14H15N3O3. The number of methoxy groups -OCH3 is 1. The molecular weight excluding hydrogens is 258 g/mol. The summed E-state index contributed by atoms with van der Waals surface area (Å²) in [7, 11) is 1.57. The van der Waals surface area contributed by atoms with Gasteiger partial charge in [0.05, 0.1) is 12.7 Å². The van der Waals surface area contributed by atoms with Crippen LogP contribution in [0.3, 0.4) is 0 Å². The Bertz CT molecular complexity index is 597. The van der Waals surface area contributed by atoms with Gasteiger partial charge in [-0.3, -0.25) is 4.79 Å². The summed E-state index contributed by atoms with van der Waals surface area (Å²) in [5.41, 5.74) is 0.587. The lowest BCUT2D eigenvalue weighted by Crippen LogP contribution is -2.28. The fourth-order valence-electron chi connectivity index (χ4n) is 2.51. The van der Waals surface area contributed by atoms with Crippen molar-refractivity contribution < 1.29 is 14.1 Å². The summed E-state index contributed by atoms with van der Waals surface area (Å²) in [4.78, 5) is 18.4. The maximum Gasteiger partial charge on any atom is 0.257 e. The van der Waals surface area contributed by atoms with E-state index in [-0.39, 0.29) is 11.8 Å². The van der Waals surface area contributed by atoms with Gasteiger partial charge in [0.2, 0.25) is 6.39 Å². The molecule has 0 saturated carbocycles. The Morgan fingerprint density at radius 3 is 3.05 bits per heavy atom. The largest absolute Gasteiger partial charge is 0.496 e. The van der Waals surface area contributed by atoms with Crippen molar-refractivity contribution in [2.45, 2.75) is 12.3 Å². The summed E-state index contributed by atoms with van der Waals surface area (Å²) < 4.78 is 10.00. The first kappa shape index (κ1) is 12.7. The molecule has 1 atom stereocenters. The van der Waals surface area contributed by atoms with E-state index in [0.29, 0.717) is 30.2 Å². The minimum Gasteiger partial charge on any atom is -0.496 e. The lowest BCUT2D eigenvalue weighted by Gasteiger charge is -2.17. The van der Waals surface area contributed by atoms with E-state index >= 15 is 0 Å². The Morgan fingerprint density at radius 1 is 1.45 bits per heavy atom. The summed E-state index contributed by atoms with van der Waals surface area (Å²) in [5.74, 6) is 1.39. The van der Waals surface area contributed by atoms with Gasteiger partial charge < -0.3 is 14.2 Å². The van der Waals surface area contributed by atoms with Crippen molar-refractivity contribution in [3.8, 4) is 5.75 Å². The normalized spacial score (nSPS) is 18.2. The van der Waals surface area contributed by atoms with Crippen LogP contribution < -0.4 is 4.74 Å². The zero-order chi connectivity index (χ0) is 13.9. The summed E-state index contributed by atoms with van der Waals surface area (Å²) in [6, 6.07) is 7.26. The molecule has 0 bridgehead atoms. The molecule has 1 saturated heterocycles. The smallest absolute Gasteiger partial charge is 0.257 e. The molecule has 20 heavy (non-hydrogen) atoms. The van der Waals surface area contributed by atoms with Crippen LogP contribution in [-0.2, 0) is 0 Å². The first-order valence-electron chi connectivity index (χ1n) is 6.48. The zero-order valence-corrected chi connectivity index (χ0v) is 11.2. The van der Waals surface area contributed by atoms with Crippen molar-refractivity contribution in [1.82, 2.24) is 15.0 Å². The molecule has 1 aliphatic heterocycles. The number of aromatic nitrogens is 2. The van der Waals surface area contributed by atoms with Crippen LogP contribution in [0.2, 0.25) is 0 Å². The predicted molar refractivity (Wildman–Crippen MR) is 70.6 cm³/mol. The second kappa shape index (κ2) is 5.32. The van der Waals surface area contributed by atoms with Gasteiger partial charge >= 0.3 is 0 Å². The van der Waals surface area contributed by atoms with Gasteiger partial charge in [0.25, 0.3) is 5.91 Å². The van der Waals surface area contributed by atoms with E-state index in [1.165, 1.54) is 6.39 Å². The standard InChI is InChI=1S/C14H15N3O3/c1-19-12-5-3-2-4-11(12)14(18)17-7-6-10(8-17)13-15-9-20-16-13/h2-5,9-10H,6-8H2,1H3. The quantitative estimate of drug-likeness (QED) is 0.851. The monoisotopic (exact) mass is 273 g/mol. The van der Waals surface area contributed by atoms with E-state index in [1.54, 1.807) is 24.1 Å². The fraction of sp³-hybridized carbons (Fsp3) is 0.357. The van der Waals surface area contributed by atoms with Crippen molar-refractivity contribution in [2.75, 3.05) is 20.2 Å². The van der Waals surface area contributed by atoms with Gasteiger partial charge in [-0.15, -0.1) is 0 Å². The van der Waals surface area contributed by atoms with Crippen LogP contribution in [0, 0.1) is 0 Å². The lowest BCUT2D eigenvalue weighted by atomic mass is 10.1. The molecule has 0 radical (unpaired) electrons. The molecule has 1 fully saturated rings. The van der Waals surface area contributed by atoms with Gasteiger partial charge in [-0.05, 0) is 18.6 Å². The molecule has 0 aliphatic carbocycles. The molecule has 1 aliphatic rings. The molecule has 3 rings (SSSR count). The Kier molecular flexibility index (Phi) is 3.37. The Morgan fingerprint density at radius 2 is 2.30 bits per heavy atom. The SMILES string of the molecule is COc1ccccc1C(=O)N1CCC(c2ncon2)C1. The summed E-state index contributed by atoms with van der Waals surface area (Å²) >= 11 is 0. The number of rotatable bonds is 3. The number of ether oxygens (including phenoxy) is 1. The van der Waals surface area contributed by atoms with Gasteiger partial charge in [-0.25, -0.2) is 0 Å². The summed E-state index contributed by atoms with van der Waals surface area (Å²) in [5, 5.41) is 3.85. The maximum absolute atomic E-state index is 12.5. The fourth-order valence-corrected chi connectivity index (χ4v) is 2.51. The number of carbonyl (C=O) groups is 1. The van der Waals surface area contributed by atoms with Crippen LogP contribution in [0.1, 0.15) is 28.5 Å². The maximum atomic E-state index is 12.5. The minimum atomic E-state index is -0.0200. The second-order valence-electron chi connectivity index (χ2n) is 4.73. The van der Waals surface area contributed by atoms with Gasteiger partial charge in [0, 0.05) is 19.0 Å². The minimum absolute atomic E-state index is 0.0200. The highest BCUT2D eigenvalue weighted by molar-refractivity contribution is 5.97. The highest BCUT2D eigenvalue weighted by Crippen LogP contribution is 2.27. The predicted octanol–water partition coefficient (Wildman–Crippen LogP) is 1.71. The average molecular weight is 273 g/mol. The highest BCUT2D eigenvalue weighted by Gasteiger charge is 2.31. The lowest BCUT2D eigenvalue weighted by molar-refractivity contribution is 0.0787. The first-order valence-corrected chi connectivity index (χ1v) is 6.48. The number of para-hydroxylation sites is 1. The molecule has 1 unspecified atom stereocenters. The molecule has 2 heterocycles. The molecule has 0 spiro atoms. The average Bonchev–Trinajstić information content (AvgIpc) is 3.16. The molecule has 104 valence electrons. The number of likely N-dealkylation sites (tertiary alicyclic amines) is 1. The third-order valence-electron chi connectivity index (χ3n) is 3.56. The van der Waals surface area contributed by atoms with E-state index in [2.05, 4.69) is 10.1 Å². The van der Waals surface area contributed by atoms with Crippen LogP contribution in [-0.4, -0.2) is 41.1 Å². The molecule has 1 aromatic heterocycles. The Hall–Kier alpha value is -2.37. The van der Waals surface area contributed by atoms with Crippen LogP contribution >= 0.6 is 0 Å². The number of carbonyl (C=O) groups excluding carboxylic acids is 1. The van der Waals surface area contributed by atoms with Gasteiger partial charge in [-0.1, -0.05) is 17.3 Å². The molecule has 1 aromatic carbocycles. The zero-order valence-electron chi connectivity index (χ0n) is 11.2. The molecule has 1 amide bonds. The first-order chi connectivity index (χ1) is 9.79. The van der Waals surface area contributed by atoms with Crippen molar-refractivity contribution >= 4 is 5.91 Å². The second-order valence-corrected chi connectivity index (χ2v) is 4.73. The van der Waals surface area contributed by atoms with Gasteiger partial charge in [0.15, 0.2) is 5.82 Å². The topological polar surface area (TPSA) is 68.5 Å². The molecule has 6 nitrogen and oxygen atoms in total. The van der Waals surface area contributed by atoms with E-state index in [0.717, 1.165) is 6.42 Å². The van der Waals surface area contributed by atoms with Crippen LogP contribution in [0.15, 0.2) is 35.2 Å². The summed E-state index contributed by atoms with van der Waals surface area (Å²) in [6.07, 6.45) is 2.17. The number of hydrogen-bond donors (Lipinski definition) is 0. The third kappa shape index (κ3) is 2.24. The Labute approximate surface area is 116 Å². The summed E-state index contributed by atoms with van der Waals surface area (Å²) in [6.45, 7) is 1.30. The van der Waals surface area contributed by atoms with E-state index in [4.69, 9.17) is 9.26 Å². The van der Waals surface area contributed by atoms with Crippen LogP contribution in [0.25, 0.3) is 0 Å². The highest BCUT2D eigenvalue weighted by atomic mass is 16.5. The van der Waals surface area contributed by atoms with E-state index in [9.17, 15) is 4.79 Å². The third-order valence-corrected chi connectivity index (χ3v) is 3.56. The van der Waals surface area contributed by atoms with Crippen molar-refractivity contribution in [1.29, 1.82) is 0 Å². The van der Waals surface area contributed by atoms with Gasteiger partial charge in [-0.2, -0.15) is 4.98 Å². The van der Waals surface area contributed by atoms with Gasteiger partial charge in [0.1, 0.15) is 5.75 Å². The van der Waals surface area contributed by atoms with Crippen molar-refractivity contribution in [3.63, 3.8) is 0 Å². The van der Waals surface area contributed by atoms with E-state index < -0.39 is 0 Å². The van der Waals surface area contributed by atoms with Crippen molar-refractivity contribution in [2.24, 2.45) is 0 Å². The number of nitrogens with zero attached hydrogens (tertiary/aromatic N) is 3. The molecule has 2 aromatic rings.